The fourth-order valence-corrected chi connectivity index (χ4v) is 3.59. The molecule has 4 nitrogen and oxygen atoms in total. The Morgan fingerprint density at radius 2 is 1.85 bits per heavy atom. The molecule has 0 saturated heterocycles. The third-order valence-electron chi connectivity index (χ3n) is 5.03. The molecule has 27 heavy (non-hydrogen) atoms. The third-order valence-corrected chi connectivity index (χ3v) is 5.03. The average molecular weight is 357 g/mol. The van der Waals surface area contributed by atoms with Gasteiger partial charge in [-0.25, -0.2) is 4.98 Å². The van der Waals surface area contributed by atoms with Gasteiger partial charge in [0.2, 0.25) is 0 Å². The highest BCUT2D eigenvalue weighted by Crippen LogP contribution is 2.28. The maximum absolute atomic E-state index is 13.1. The van der Waals surface area contributed by atoms with Crippen molar-refractivity contribution in [2.75, 3.05) is 16.8 Å². The van der Waals surface area contributed by atoms with Crippen molar-refractivity contribution in [3.05, 3.63) is 89.6 Å². The SMILES string of the molecule is CC(Nc1cc(C(=O)N2CCCc3ccccc32)ccn1)c1ccccc1. The fraction of sp³-hybridized carbons (Fsp3) is 0.217. The molecule has 1 aromatic heterocycles. The lowest BCUT2D eigenvalue weighted by Gasteiger charge is -2.29. The monoisotopic (exact) mass is 357 g/mol. The van der Waals surface area contributed by atoms with Gasteiger partial charge in [0.25, 0.3) is 5.91 Å². The number of carbonyl (C=O) groups excluding carboxylic acids is 1. The molecule has 1 unspecified atom stereocenters. The molecule has 2 heterocycles. The van der Waals surface area contributed by atoms with Gasteiger partial charge in [0, 0.05) is 30.0 Å². The Bertz CT molecular complexity index is 939. The summed E-state index contributed by atoms with van der Waals surface area (Å²) in [5.41, 5.74) is 4.10. The lowest BCUT2D eigenvalue weighted by Crippen LogP contribution is -2.35. The van der Waals surface area contributed by atoms with E-state index in [1.165, 1.54) is 11.1 Å². The number of rotatable bonds is 4. The molecule has 1 atom stereocenters. The molecule has 0 radical (unpaired) electrons. The number of para-hydroxylation sites is 1. The summed E-state index contributed by atoms with van der Waals surface area (Å²) < 4.78 is 0. The number of fused-ring (bicyclic) bond motifs is 1. The van der Waals surface area contributed by atoms with Crippen molar-refractivity contribution in [3.8, 4) is 0 Å². The van der Waals surface area contributed by atoms with Crippen LogP contribution >= 0.6 is 0 Å². The van der Waals surface area contributed by atoms with Crippen LogP contribution in [0.25, 0.3) is 0 Å². The van der Waals surface area contributed by atoms with Crippen LogP contribution in [0.4, 0.5) is 11.5 Å². The number of aromatic nitrogens is 1. The van der Waals surface area contributed by atoms with Crippen LogP contribution in [0, 0.1) is 0 Å². The van der Waals surface area contributed by atoms with Gasteiger partial charge >= 0.3 is 0 Å². The molecule has 0 fully saturated rings. The zero-order valence-corrected chi connectivity index (χ0v) is 15.4. The van der Waals surface area contributed by atoms with Gasteiger partial charge in [0.15, 0.2) is 0 Å². The largest absolute Gasteiger partial charge is 0.364 e. The first-order valence-corrected chi connectivity index (χ1v) is 9.40. The average Bonchev–Trinajstić information content (AvgIpc) is 2.73. The van der Waals surface area contributed by atoms with Crippen molar-refractivity contribution in [1.82, 2.24) is 4.98 Å². The number of carbonyl (C=O) groups is 1. The molecule has 1 aliphatic heterocycles. The summed E-state index contributed by atoms with van der Waals surface area (Å²) in [6.45, 7) is 2.84. The van der Waals surface area contributed by atoms with Gasteiger partial charge in [-0.15, -0.1) is 0 Å². The number of nitrogens with zero attached hydrogens (tertiary/aromatic N) is 2. The summed E-state index contributed by atoms with van der Waals surface area (Å²) in [7, 11) is 0. The van der Waals surface area contributed by atoms with Gasteiger partial charge in [-0.05, 0) is 49.1 Å². The Labute approximate surface area is 159 Å². The highest BCUT2D eigenvalue weighted by atomic mass is 16.2. The van der Waals surface area contributed by atoms with E-state index in [2.05, 4.69) is 35.4 Å². The zero-order chi connectivity index (χ0) is 18.6. The molecular weight excluding hydrogens is 334 g/mol. The number of hydrogen-bond donors (Lipinski definition) is 1. The molecule has 1 amide bonds. The summed E-state index contributed by atoms with van der Waals surface area (Å²) >= 11 is 0. The predicted octanol–water partition coefficient (Wildman–Crippen LogP) is 4.85. The summed E-state index contributed by atoms with van der Waals surface area (Å²) in [6, 6.07) is 22.1. The first kappa shape index (κ1) is 17.3. The first-order chi connectivity index (χ1) is 13.2. The molecule has 0 spiro atoms. The highest BCUT2D eigenvalue weighted by Gasteiger charge is 2.23. The van der Waals surface area contributed by atoms with Gasteiger partial charge in [0.05, 0.1) is 0 Å². The topological polar surface area (TPSA) is 45.2 Å². The van der Waals surface area contributed by atoms with E-state index in [0.717, 1.165) is 25.1 Å². The Morgan fingerprint density at radius 3 is 2.70 bits per heavy atom. The van der Waals surface area contributed by atoms with E-state index >= 15 is 0 Å². The van der Waals surface area contributed by atoms with Crippen molar-refractivity contribution in [2.24, 2.45) is 0 Å². The van der Waals surface area contributed by atoms with Gasteiger partial charge in [0.1, 0.15) is 5.82 Å². The molecular formula is C23H23N3O. The Hall–Kier alpha value is -3.14. The summed E-state index contributed by atoms with van der Waals surface area (Å²) in [5, 5.41) is 3.39. The van der Waals surface area contributed by atoms with Crippen LogP contribution in [-0.2, 0) is 6.42 Å². The quantitative estimate of drug-likeness (QED) is 0.726. The minimum absolute atomic E-state index is 0.0277. The molecule has 4 heteroatoms. The zero-order valence-electron chi connectivity index (χ0n) is 15.4. The lowest BCUT2D eigenvalue weighted by molar-refractivity contribution is 0.0985. The molecule has 1 N–H and O–H groups in total. The van der Waals surface area contributed by atoms with Crippen molar-refractivity contribution in [3.63, 3.8) is 0 Å². The first-order valence-electron chi connectivity index (χ1n) is 9.40. The van der Waals surface area contributed by atoms with E-state index < -0.39 is 0 Å². The number of amides is 1. The molecule has 3 aromatic rings. The lowest BCUT2D eigenvalue weighted by atomic mass is 10.0. The van der Waals surface area contributed by atoms with E-state index in [-0.39, 0.29) is 11.9 Å². The number of benzene rings is 2. The van der Waals surface area contributed by atoms with Crippen molar-refractivity contribution in [1.29, 1.82) is 0 Å². The van der Waals surface area contributed by atoms with E-state index in [1.807, 2.05) is 47.4 Å². The van der Waals surface area contributed by atoms with Crippen LogP contribution in [0.3, 0.4) is 0 Å². The smallest absolute Gasteiger partial charge is 0.258 e. The normalized spacial score (nSPS) is 14.3. The molecule has 0 saturated carbocycles. The van der Waals surface area contributed by atoms with Crippen LogP contribution in [0.2, 0.25) is 0 Å². The van der Waals surface area contributed by atoms with Crippen LogP contribution in [0.15, 0.2) is 72.9 Å². The van der Waals surface area contributed by atoms with Crippen molar-refractivity contribution >= 4 is 17.4 Å². The van der Waals surface area contributed by atoms with E-state index in [1.54, 1.807) is 12.3 Å². The minimum Gasteiger partial charge on any atom is -0.364 e. The van der Waals surface area contributed by atoms with Crippen LogP contribution in [0.5, 0.6) is 0 Å². The summed E-state index contributed by atoms with van der Waals surface area (Å²) in [6.07, 6.45) is 3.71. The molecule has 1 aliphatic rings. The van der Waals surface area contributed by atoms with Gasteiger partial charge in [-0.2, -0.15) is 0 Å². The Kier molecular flexibility index (Phi) is 4.88. The van der Waals surface area contributed by atoms with Crippen LogP contribution < -0.4 is 10.2 Å². The second kappa shape index (κ2) is 7.62. The second-order valence-corrected chi connectivity index (χ2v) is 6.90. The molecule has 2 aromatic carbocycles. The number of anilines is 2. The molecule has 4 rings (SSSR count). The van der Waals surface area contributed by atoms with Crippen LogP contribution in [-0.4, -0.2) is 17.4 Å². The molecule has 0 aliphatic carbocycles. The molecule has 0 bridgehead atoms. The van der Waals surface area contributed by atoms with Crippen molar-refractivity contribution in [2.45, 2.75) is 25.8 Å². The maximum Gasteiger partial charge on any atom is 0.258 e. The standard InChI is InChI=1S/C23H23N3O/c1-17(18-8-3-2-4-9-18)25-22-16-20(13-14-24-22)23(27)26-15-7-11-19-10-5-6-12-21(19)26/h2-6,8-10,12-14,16-17H,7,11,15H2,1H3,(H,24,25). The number of pyridine rings is 1. The second-order valence-electron chi connectivity index (χ2n) is 6.90. The summed E-state index contributed by atoms with van der Waals surface area (Å²) in [4.78, 5) is 19.4. The molecule has 136 valence electrons. The van der Waals surface area contributed by atoms with E-state index in [9.17, 15) is 4.79 Å². The minimum atomic E-state index is 0.0277. The van der Waals surface area contributed by atoms with Crippen molar-refractivity contribution < 1.29 is 4.79 Å². The fourth-order valence-electron chi connectivity index (χ4n) is 3.59. The van der Waals surface area contributed by atoms with Gasteiger partial charge in [-0.1, -0.05) is 48.5 Å². The third kappa shape index (κ3) is 3.70. The van der Waals surface area contributed by atoms with Crippen LogP contribution in [0.1, 0.15) is 40.9 Å². The van der Waals surface area contributed by atoms with Gasteiger partial charge in [-0.3, -0.25) is 4.79 Å². The maximum atomic E-state index is 13.1. The Morgan fingerprint density at radius 1 is 1.07 bits per heavy atom. The van der Waals surface area contributed by atoms with E-state index in [4.69, 9.17) is 0 Å². The van der Waals surface area contributed by atoms with E-state index in [0.29, 0.717) is 11.4 Å². The number of nitrogens with one attached hydrogen (secondary N) is 1. The number of aryl methyl sites for hydroxylation is 1. The highest BCUT2D eigenvalue weighted by molar-refractivity contribution is 6.07. The Balaban J connectivity index is 1.55. The van der Waals surface area contributed by atoms with Gasteiger partial charge < -0.3 is 10.2 Å². The summed E-state index contributed by atoms with van der Waals surface area (Å²) in [5.74, 6) is 0.738. The predicted molar refractivity (Wildman–Crippen MR) is 109 cm³/mol. The number of hydrogen-bond acceptors (Lipinski definition) is 3.